The fourth-order valence-corrected chi connectivity index (χ4v) is 0. The summed E-state index contributed by atoms with van der Waals surface area (Å²) in [6.45, 7) is 19.3. The predicted octanol–water partition coefficient (Wildman–Crippen LogP) is 0.437. The van der Waals surface area contributed by atoms with Gasteiger partial charge in [-0.25, -0.2) is 0 Å². The van der Waals surface area contributed by atoms with Crippen molar-refractivity contribution in [1.29, 1.82) is 0 Å². The van der Waals surface area contributed by atoms with Gasteiger partial charge in [0.25, 0.3) is 0 Å². The molecule has 0 rings (SSSR count). The molecule has 0 saturated carbocycles. The van der Waals surface area contributed by atoms with Crippen molar-refractivity contribution < 1.29 is 67.5 Å². The maximum atomic E-state index is 5.67. The van der Waals surface area contributed by atoms with Gasteiger partial charge in [0.1, 0.15) is 7.38 Å². The van der Waals surface area contributed by atoms with Crippen LogP contribution in [-0.4, -0.2) is 39.1 Å². The van der Waals surface area contributed by atoms with E-state index in [1.165, 1.54) is 0 Å². The molecule has 0 heterocycles. The molecule has 0 aliphatic rings. The van der Waals surface area contributed by atoms with Crippen LogP contribution in [0.1, 0.15) is 14.9 Å². The van der Waals surface area contributed by atoms with E-state index in [1.54, 1.807) is 6.55 Å². The topological polar surface area (TPSA) is 63.0 Å². The molecule has 0 aliphatic carbocycles. The molecule has 0 bridgehead atoms. The number of rotatable bonds is 0. The second-order valence-corrected chi connectivity index (χ2v) is 39.7. The van der Waals surface area contributed by atoms with Crippen LogP contribution in [0.15, 0.2) is 0 Å². The molecule has 0 aliphatic heterocycles. The van der Waals surface area contributed by atoms with Gasteiger partial charge in [-0.1, -0.05) is 60.7 Å². The van der Waals surface area contributed by atoms with Crippen LogP contribution < -0.4 is 56.6 Å². The fourth-order valence-electron chi connectivity index (χ4n) is 0. The van der Waals surface area contributed by atoms with Gasteiger partial charge in [-0.05, 0) is 19.6 Å². The molecule has 0 aromatic heterocycles. The molecule has 0 aromatic carbocycles. The van der Waals surface area contributed by atoms with Crippen LogP contribution in [-0.2, 0) is 0 Å². The Hall–Kier alpha value is 4.32. The third-order valence-corrected chi connectivity index (χ3v) is 0. The van der Waals surface area contributed by atoms with E-state index >= 15 is 0 Å². The van der Waals surface area contributed by atoms with E-state index in [1.807, 2.05) is 13.1 Å². The smallest absolute Gasteiger partial charge is 0.412 e. The van der Waals surface area contributed by atoms with Crippen molar-refractivity contribution in [3.05, 3.63) is 22.3 Å². The monoisotopic (exact) mass is 606 g/mol. The van der Waals surface area contributed by atoms with Gasteiger partial charge in [0.15, 0.2) is 0 Å². The minimum atomic E-state index is -2.19. The number of hydrogen-bond acceptors (Lipinski definition) is 0. The maximum Gasteiger partial charge on any atom is 1.00 e. The summed E-state index contributed by atoms with van der Waals surface area (Å²) in [6.07, 6.45) is 0. The van der Waals surface area contributed by atoms with E-state index in [-0.39, 0.29) is 105 Å². The fraction of sp³-hybridized carbons (Fsp3) is 0.800. The second-order valence-electron chi connectivity index (χ2n) is 7.18. The Labute approximate surface area is 261 Å². The van der Waals surface area contributed by atoms with Gasteiger partial charge in [-0.3, -0.25) is 0 Å². The number of hydrogen-bond donors (Lipinski definition) is 0. The molecule has 0 spiro atoms. The van der Waals surface area contributed by atoms with E-state index in [0.29, 0.717) is 0 Å². The van der Waals surface area contributed by atoms with E-state index < -0.39 is 28.2 Å². The molecule has 184 valence electrons. The molecular formula is C15H51Cl6Li3O2Si4. The van der Waals surface area contributed by atoms with Crippen molar-refractivity contribution in [3.63, 3.8) is 0 Å². The Bertz CT molecular complexity index is 168. The summed E-state index contributed by atoms with van der Waals surface area (Å²) >= 11 is 32.1. The summed E-state index contributed by atoms with van der Waals surface area (Å²) in [4.78, 5) is 0. The van der Waals surface area contributed by atoms with Gasteiger partial charge in [0.05, 0.1) is 0 Å². The van der Waals surface area contributed by atoms with Crippen LogP contribution in [0.4, 0.5) is 0 Å². The van der Waals surface area contributed by atoms with E-state index in [0.717, 1.165) is 0 Å². The Morgan fingerprint density at radius 2 is 0.433 bits per heavy atom. The zero-order valence-electron chi connectivity index (χ0n) is 21.3. The van der Waals surface area contributed by atoms with E-state index in [9.17, 15) is 0 Å². The summed E-state index contributed by atoms with van der Waals surface area (Å²) in [6, 6.07) is -2.19. The van der Waals surface area contributed by atoms with Crippen molar-refractivity contribution in [2.45, 2.75) is 80.3 Å². The van der Waals surface area contributed by atoms with Crippen LogP contribution in [0.2, 0.25) is 65.5 Å². The first-order valence-corrected chi connectivity index (χ1v) is 25.2. The SMILES string of the molecule is C.C.C[Si](C)(C)C.C[Si](C)(C)Cl.C[Si](C)(Cl)Cl.C[Si](Cl)(Cl)Cl.O.O.[CH3-].[CH3-].[CH3-].[Li+].[Li+].[Li+]. The molecular weight excluding hydrogens is 558 g/mol. The van der Waals surface area contributed by atoms with E-state index in [4.69, 9.17) is 66.5 Å². The Morgan fingerprint density at radius 1 is 0.433 bits per heavy atom. The molecule has 15 heteroatoms. The molecule has 0 radical (unpaired) electrons. The summed E-state index contributed by atoms with van der Waals surface area (Å²) in [5.41, 5.74) is 0. The van der Waals surface area contributed by atoms with Gasteiger partial charge < -0.3 is 33.2 Å². The minimum Gasteiger partial charge on any atom is -0.412 e. The standard InChI is InChI=1S/C4H12Si.C3H9ClSi.C2H6Cl2Si.CH3Cl3Si.2CH4.3CH3.3Li.2H2O/c4*1-5(2,3)4;;;;;;;;;;/h1-4H3;1-3H3;1-2H3;1H3;2*1H4;3*1H3;;;;2*1H2/q;;;;;;3*-1;3*+1;;. The Kier molecular flexibility index (Phi) is 133. The average Bonchev–Trinajstić information content (AvgIpc) is 1.62. The first kappa shape index (κ1) is 92.3. The van der Waals surface area contributed by atoms with Gasteiger partial charge in [0.2, 0.25) is 6.69 Å². The summed E-state index contributed by atoms with van der Waals surface area (Å²) in [7, 11) is -1.75. The van der Waals surface area contributed by atoms with E-state index in [2.05, 4.69) is 45.8 Å². The largest absolute Gasteiger partial charge is 1.00 e. The van der Waals surface area contributed by atoms with Gasteiger partial charge in [-0.2, -0.15) is 11.1 Å². The molecule has 0 saturated heterocycles. The van der Waals surface area contributed by atoms with Crippen LogP contribution in [0.25, 0.3) is 0 Å². The van der Waals surface area contributed by atoms with Gasteiger partial charge in [0, 0.05) is 8.07 Å². The third kappa shape index (κ3) is 1700. The first-order valence-electron chi connectivity index (χ1n) is 6.13. The van der Waals surface area contributed by atoms with Crippen molar-refractivity contribution in [2.24, 2.45) is 0 Å². The van der Waals surface area contributed by atoms with Gasteiger partial charge >= 0.3 is 62.6 Å². The van der Waals surface area contributed by atoms with Crippen LogP contribution >= 0.6 is 66.5 Å². The second kappa shape index (κ2) is 43.4. The van der Waals surface area contributed by atoms with Crippen molar-refractivity contribution in [1.82, 2.24) is 0 Å². The zero-order valence-corrected chi connectivity index (χ0v) is 29.8. The van der Waals surface area contributed by atoms with Gasteiger partial charge in [-0.15, -0.1) is 55.4 Å². The van der Waals surface area contributed by atoms with Crippen LogP contribution in [0, 0.1) is 22.3 Å². The quantitative estimate of drug-likeness (QED) is 0.218. The third-order valence-electron chi connectivity index (χ3n) is 0. The summed E-state index contributed by atoms with van der Waals surface area (Å²) in [5, 5.41) is 0. The van der Waals surface area contributed by atoms with Crippen LogP contribution in [0.3, 0.4) is 0 Å². The molecule has 4 N–H and O–H groups in total. The van der Waals surface area contributed by atoms with Crippen LogP contribution in [0.5, 0.6) is 0 Å². The molecule has 0 amide bonds. The maximum absolute atomic E-state index is 5.67. The normalized spacial score (nSPS) is 8.00. The first-order chi connectivity index (χ1) is 8.00. The molecule has 2 nitrogen and oxygen atoms in total. The summed E-state index contributed by atoms with van der Waals surface area (Å²) in [5.74, 6) is 0. The van der Waals surface area contributed by atoms with Crippen molar-refractivity contribution >= 4 is 94.6 Å². The molecule has 30 heavy (non-hydrogen) atoms. The number of halogens is 6. The molecule has 0 fully saturated rings. The van der Waals surface area contributed by atoms with Crippen molar-refractivity contribution in [2.75, 3.05) is 0 Å². The average molecular weight is 609 g/mol. The molecule has 0 atom stereocenters. The summed E-state index contributed by atoms with van der Waals surface area (Å²) < 4.78 is 0. The minimum absolute atomic E-state index is 0. The molecule has 0 aromatic rings. The Morgan fingerprint density at radius 3 is 0.433 bits per heavy atom. The van der Waals surface area contributed by atoms with Crippen molar-refractivity contribution in [3.8, 4) is 0 Å². The Balaban J connectivity index is -0.00000000853. The zero-order chi connectivity index (χ0) is 18.0. The predicted molar refractivity (Wildman–Crippen MR) is 157 cm³/mol. The molecule has 0 unspecified atom stereocenters.